The summed E-state index contributed by atoms with van der Waals surface area (Å²) in [6.07, 6.45) is 7.35. The molecule has 1 N–H and O–H groups in total. The second-order valence-electron chi connectivity index (χ2n) is 4.42. The summed E-state index contributed by atoms with van der Waals surface area (Å²) < 4.78 is 4.71. The molecule has 0 aliphatic carbocycles. The Kier molecular flexibility index (Phi) is 6.70. The van der Waals surface area contributed by atoms with Crippen LogP contribution in [0.5, 0.6) is 0 Å². The van der Waals surface area contributed by atoms with Crippen molar-refractivity contribution in [1.82, 2.24) is 5.32 Å². The minimum absolute atomic E-state index is 0.219. The number of carbonyl (C=O) groups excluding carboxylic acids is 1. The third-order valence-electron chi connectivity index (χ3n) is 3.12. The summed E-state index contributed by atoms with van der Waals surface area (Å²) in [5.74, 6) is 2.45. The van der Waals surface area contributed by atoms with Gasteiger partial charge in [0, 0.05) is 19.0 Å². The van der Waals surface area contributed by atoms with Crippen molar-refractivity contribution in [2.45, 2.75) is 38.8 Å². The van der Waals surface area contributed by atoms with Gasteiger partial charge in [0.25, 0.3) is 0 Å². The van der Waals surface area contributed by atoms with Gasteiger partial charge in [-0.25, -0.2) is 0 Å². The van der Waals surface area contributed by atoms with Crippen molar-refractivity contribution in [1.29, 1.82) is 0 Å². The molecule has 1 aromatic rings. The molecule has 19 heavy (non-hydrogen) atoms. The highest BCUT2D eigenvalue weighted by molar-refractivity contribution is 5.72. The maximum Gasteiger partial charge on any atom is 0.309 e. The lowest BCUT2D eigenvalue weighted by molar-refractivity contribution is -0.139. The molecule has 0 spiro atoms. The van der Waals surface area contributed by atoms with Crippen molar-refractivity contribution in [2.24, 2.45) is 0 Å². The standard InChI is InChI=1S/C16H21NO2/c1-4-8-15(5-2)17-12-14-10-7-6-9-13(14)11-16(18)19-3/h1,6-7,9-10,15,17H,5,8,11-12H2,2-3H3. The van der Waals surface area contributed by atoms with Crippen LogP contribution in [0, 0.1) is 12.3 Å². The number of nitrogens with one attached hydrogen (secondary N) is 1. The fourth-order valence-corrected chi connectivity index (χ4v) is 1.89. The molecule has 0 bridgehead atoms. The summed E-state index contributed by atoms with van der Waals surface area (Å²) in [5.41, 5.74) is 2.11. The van der Waals surface area contributed by atoms with E-state index in [9.17, 15) is 4.79 Å². The molecule has 0 amide bonds. The highest BCUT2D eigenvalue weighted by atomic mass is 16.5. The maximum absolute atomic E-state index is 11.4. The first-order valence-electron chi connectivity index (χ1n) is 6.51. The van der Waals surface area contributed by atoms with E-state index in [1.54, 1.807) is 0 Å². The molecule has 3 nitrogen and oxygen atoms in total. The minimum Gasteiger partial charge on any atom is -0.469 e. The largest absolute Gasteiger partial charge is 0.469 e. The molecule has 0 aliphatic rings. The van der Waals surface area contributed by atoms with Gasteiger partial charge in [0.2, 0.25) is 0 Å². The summed E-state index contributed by atoms with van der Waals surface area (Å²) in [6, 6.07) is 8.20. The van der Waals surface area contributed by atoms with Crippen molar-refractivity contribution in [3.05, 3.63) is 35.4 Å². The van der Waals surface area contributed by atoms with Gasteiger partial charge in [-0.3, -0.25) is 4.79 Å². The van der Waals surface area contributed by atoms with Crippen molar-refractivity contribution in [2.75, 3.05) is 7.11 Å². The molecule has 0 aliphatic heterocycles. The van der Waals surface area contributed by atoms with Crippen molar-refractivity contribution < 1.29 is 9.53 Å². The van der Waals surface area contributed by atoms with Crippen LogP contribution in [0.3, 0.4) is 0 Å². The molecule has 0 fully saturated rings. The zero-order chi connectivity index (χ0) is 14.1. The Hall–Kier alpha value is -1.79. The molecule has 0 heterocycles. The van der Waals surface area contributed by atoms with E-state index in [0.29, 0.717) is 19.0 Å². The SMILES string of the molecule is C#CCC(CC)NCc1ccccc1CC(=O)OC. The Morgan fingerprint density at radius 1 is 1.42 bits per heavy atom. The Morgan fingerprint density at radius 3 is 2.68 bits per heavy atom. The highest BCUT2D eigenvalue weighted by Gasteiger charge is 2.09. The lowest BCUT2D eigenvalue weighted by Crippen LogP contribution is -2.28. The van der Waals surface area contributed by atoms with Gasteiger partial charge in [0.1, 0.15) is 0 Å². The third-order valence-corrected chi connectivity index (χ3v) is 3.12. The Labute approximate surface area is 115 Å². The smallest absolute Gasteiger partial charge is 0.309 e. The monoisotopic (exact) mass is 259 g/mol. The van der Waals surface area contributed by atoms with E-state index in [4.69, 9.17) is 11.2 Å². The van der Waals surface area contributed by atoms with Gasteiger partial charge in [-0.15, -0.1) is 12.3 Å². The molecule has 0 aromatic heterocycles. The zero-order valence-corrected chi connectivity index (χ0v) is 11.6. The summed E-state index contributed by atoms with van der Waals surface area (Å²) in [6.45, 7) is 2.82. The van der Waals surface area contributed by atoms with Gasteiger partial charge in [-0.1, -0.05) is 31.2 Å². The molecule has 0 saturated carbocycles. The topological polar surface area (TPSA) is 38.3 Å². The molecular weight excluding hydrogens is 238 g/mol. The van der Waals surface area contributed by atoms with E-state index < -0.39 is 0 Å². The van der Waals surface area contributed by atoms with E-state index >= 15 is 0 Å². The predicted molar refractivity (Wildman–Crippen MR) is 76.5 cm³/mol. The number of ether oxygens (including phenoxy) is 1. The van der Waals surface area contributed by atoms with Crippen LogP contribution < -0.4 is 5.32 Å². The first kappa shape index (κ1) is 15.3. The van der Waals surface area contributed by atoms with Gasteiger partial charge >= 0.3 is 5.97 Å². The first-order chi connectivity index (χ1) is 9.21. The van der Waals surface area contributed by atoms with Crippen LogP contribution in [0.4, 0.5) is 0 Å². The quantitative estimate of drug-likeness (QED) is 0.603. The number of carbonyl (C=O) groups is 1. The van der Waals surface area contributed by atoms with Crippen LogP contribution in [0.1, 0.15) is 30.9 Å². The van der Waals surface area contributed by atoms with E-state index in [2.05, 4.69) is 18.2 Å². The van der Waals surface area contributed by atoms with Crippen LogP contribution in [0.25, 0.3) is 0 Å². The van der Waals surface area contributed by atoms with E-state index in [0.717, 1.165) is 24.0 Å². The molecule has 3 heteroatoms. The van der Waals surface area contributed by atoms with Crippen LogP contribution in [-0.4, -0.2) is 19.1 Å². The van der Waals surface area contributed by atoms with Crippen molar-refractivity contribution in [3.8, 4) is 12.3 Å². The van der Waals surface area contributed by atoms with Crippen molar-refractivity contribution >= 4 is 5.97 Å². The Morgan fingerprint density at radius 2 is 2.11 bits per heavy atom. The number of methoxy groups -OCH3 is 1. The van der Waals surface area contributed by atoms with Crippen LogP contribution in [0.2, 0.25) is 0 Å². The molecular formula is C16H21NO2. The van der Waals surface area contributed by atoms with Crippen LogP contribution >= 0.6 is 0 Å². The van der Waals surface area contributed by atoms with Crippen LogP contribution in [0.15, 0.2) is 24.3 Å². The summed E-state index contributed by atoms with van der Waals surface area (Å²) in [5, 5.41) is 3.42. The van der Waals surface area contributed by atoms with E-state index in [1.165, 1.54) is 7.11 Å². The highest BCUT2D eigenvalue weighted by Crippen LogP contribution is 2.11. The van der Waals surface area contributed by atoms with E-state index in [1.807, 2.05) is 24.3 Å². The summed E-state index contributed by atoms with van der Waals surface area (Å²) in [4.78, 5) is 11.4. The minimum atomic E-state index is -0.219. The lowest BCUT2D eigenvalue weighted by Gasteiger charge is -2.16. The molecule has 1 unspecified atom stereocenters. The zero-order valence-electron chi connectivity index (χ0n) is 11.6. The van der Waals surface area contributed by atoms with Gasteiger partial charge in [0.05, 0.1) is 13.5 Å². The molecule has 1 atom stereocenters. The Balaban J connectivity index is 2.67. The Bertz CT molecular complexity index is 448. The second kappa shape index (κ2) is 8.34. The number of terminal acetylenes is 1. The average molecular weight is 259 g/mol. The van der Waals surface area contributed by atoms with Gasteiger partial charge in [-0.05, 0) is 17.5 Å². The summed E-state index contributed by atoms with van der Waals surface area (Å²) >= 11 is 0. The second-order valence-corrected chi connectivity index (χ2v) is 4.42. The fourth-order valence-electron chi connectivity index (χ4n) is 1.89. The predicted octanol–water partition coefficient (Wildman–Crippen LogP) is 2.29. The van der Waals surface area contributed by atoms with E-state index in [-0.39, 0.29) is 5.97 Å². The van der Waals surface area contributed by atoms with Gasteiger partial charge in [0.15, 0.2) is 0 Å². The fraction of sp³-hybridized carbons (Fsp3) is 0.438. The maximum atomic E-state index is 11.4. The normalized spacial score (nSPS) is 11.6. The average Bonchev–Trinajstić information content (AvgIpc) is 2.44. The molecule has 102 valence electrons. The molecule has 1 rings (SSSR count). The molecule has 0 radical (unpaired) electrons. The van der Waals surface area contributed by atoms with Crippen molar-refractivity contribution in [3.63, 3.8) is 0 Å². The first-order valence-corrected chi connectivity index (χ1v) is 6.51. The molecule has 0 saturated heterocycles. The molecule has 1 aromatic carbocycles. The third kappa shape index (κ3) is 5.15. The number of benzene rings is 1. The number of esters is 1. The number of hydrogen-bond donors (Lipinski definition) is 1. The number of hydrogen-bond acceptors (Lipinski definition) is 3. The lowest BCUT2D eigenvalue weighted by atomic mass is 10.0. The summed E-state index contributed by atoms with van der Waals surface area (Å²) in [7, 11) is 1.41. The van der Waals surface area contributed by atoms with Gasteiger partial charge in [-0.2, -0.15) is 0 Å². The van der Waals surface area contributed by atoms with Crippen LogP contribution in [-0.2, 0) is 22.5 Å². The van der Waals surface area contributed by atoms with Gasteiger partial charge < -0.3 is 10.1 Å². The number of rotatable bonds is 7.